The number of benzene rings is 3. The first kappa shape index (κ1) is 20.8. The minimum atomic E-state index is -0.223. The lowest BCUT2D eigenvalue weighted by Gasteiger charge is -2.21. The Bertz CT molecular complexity index is 1030. The summed E-state index contributed by atoms with van der Waals surface area (Å²) in [5, 5.41) is 5.52. The van der Waals surface area contributed by atoms with Crippen LogP contribution in [0.1, 0.15) is 17.3 Å². The zero-order chi connectivity index (χ0) is 20.8. The van der Waals surface area contributed by atoms with Gasteiger partial charge in [-0.25, -0.2) is 0 Å². The monoisotopic (exact) mass is 423 g/mol. The van der Waals surface area contributed by atoms with Gasteiger partial charge in [0.05, 0.1) is 10.9 Å². The van der Waals surface area contributed by atoms with Gasteiger partial charge < -0.3 is 16.4 Å². The summed E-state index contributed by atoms with van der Waals surface area (Å²) in [6.07, 6.45) is 0. The van der Waals surface area contributed by atoms with Crippen LogP contribution >= 0.6 is 24.4 Å². The Labute approximate surface area is 179 Å². The van der Waals surface area contributed by atoms with E-state index in [1.54, 1.807) is 24.3 Å². The molecular formula is C22H21N3O2S2. The van der Waals surface area contributed by atoms with Gasteiger partial charge in [-0.1, -0.05) is 24.3 Å². The van der Waals surface area contributed by atoms with Crippen LogP contribution in [0.3, 0.4) is 0 Å². The van der Waals surface area contributed by atoms with E-state index < -0.39 is 0 Å². The number of thioether (sulfide) groups is 1. The molecule has 3 aromatic carbocycles. The number of nitrogen functional groups attached to an aromatic ring is 1. The van der Waals surface area contributed by atoms with Crippen molar-refractivity contribution in [2.75, 3.05) is 16.4 Å². The summed E-state index contributed by atoms with van der Waals surface area (Å²) in [6.45, 7) is 1.86. The second kappa shape index (κ2) is 9.54. The van der Waals surface area contributed by atoms with Crippen LogP contribution < -0.4 is 16.4 Å². The van der Waals surface area contributed by atoms with Crippen molar-refractivity contribution in [1.29, 1.82) is 0 Å². The Morgan fingerprint density at radius 3 is 2.48 bits per heavy atom. The fourth-order valence-corrected chi connectivity index (χ4v) is 3.75. The lowest BCUT2D eigenvalue weighted by Crippen LogP contribution is -2.26. The van der Waals surface area contributed by atoms with Crippen LogP contribution in [0, 0.1) is 0 Å². The molecule has 29 heavy (non-hydrogen) atoms. The van der Waals surface area contributed by atoms with E-state index in [2.05, 4.69) is 23.3 Å². The predicted octanol–water partition coefficient (Wildman–Crippen LogP) is 4.93. The van der Waals surface area contributed by atoms with Gasteiger partial charge in [-0.15, -0.1) is 24.4 Å². The number of carbonyl (C=O) groups excluding carboxylic acids is 2. The van der Waals surface area contributed by atoms with E-state index in [1.165, 1.54) is 11.8 Å². The van der Waals surface area contributed by atoms with E-state index in [1.807, 2.05) is 55.5 Å². The molecule has 0 spiro atoms. The SMILES string of the molecule is CC1Sc2ccc(C(=O)Nc3cccc(S)c3)cc2NC1=O.Nc1ccccc1. The van der Waals surface area contributed by atoms with Crippen LogP contribution in [-0.2, 0) is 4.79 Å². The van der Waals surface area contributed by atoms with Crippen molar-refractivity contribution < 1.29 is 9.59 Å². The number of para-hydroxylation sites is 1. The fourth-order valence-electron chi connectivity index (χ4n) is 2.59. The summed E-state index contributed by atoms with van der Waals surface area (Å²) in [4.78, 5) is 25.8. The molecule has 3 aromatic rings. The highest BCUT2D eigenvalue weighted by Crippen LogP contribution is 2.36. The summed E-state index contributed by atoms with van der Waals surface area (Å²) in [7, 11) is 0. The zero-order valence-corrected chi connectivity index (χ0v) is 17.5. The molecule has 1 heterocycles. The van der Waals surface area contributed by atoms with Gasteiger partial charge >= 0.3 is 0 Å². The molecule has 4 rings (SSSR count). The predicted molar refractivity (Wildman–Crippen MR) is 123 cm³/mol. The molecule has 4 N–H and O–H groups in total. The average molecular weight is 424 g/mol. The molecule has 5 nitrogen and oxygen atoms in total. The summed E-state index contributed by atoms with van der Waals surface area (Å²) < 4.78 is 0. The van der Waals surface area contributed by atoms with E-state index in [0.29, 0.717) is 16.9 Å². The van der Waals surface area contributed by atoms with Crippen molar-refractivity contribution in [3.05, 3.63) is 78.4 Å². The number of rotatable bonds is 2. The van der Waals surface area contributed by atoms with Crippen molar-refractivity contribution >= 4 is 53.3 Å². The number of hydrogen-bond acceptors (Lipinski definition) is 5. The number of nitrogens with one attached hydrogen (secondary N) is 2. The van der Waals surface area contributed by atoms with E-state index in [4.69, 9.17) is 5.73 Å². The van der Waals surface area contributed by atoms with Crippen molar-refractivity contribution in [3.8, 4) is 0 Å². The molecular weight excluding hydrogens is 402 g/mol. The molecule has 2 amide bonds. The lowest BCUT2D eigenvalue weighted by atomic mass is 10.1. The zero-order valence-electron chi connectivity index (χ0n) is 15.8. The minimum absolute atomic E-state index is 0.0437. The average Bonchev–Trinajstić information content (AvgIpc) is 2.69. The van der Waals surface area contributed by atoms with Gasteiger partial charge in [0.15, 0.2) is 0 Å². The standard InChI is InChI=1S/C16H14N2O2S2.C6H7N/c1-9-15(19)18-13-7-10(5-6-14(13)22-9)16(20)17-11-3-2-4-12(21)8-11;7-6-4-2-1-3-5-6/h2-9,21H,1H3,(H,17,20)(H,18,19);1-5H,7H2. The van der Waals surface area contributed by atoms with Crippen molar-refractivity contribution in [1.82, 2.24) is 0 Å². The normalized spacial score (nSPS) is 14.7. The number of anilines is 3. The van der Waals surface area contributed by atoms with Gasteiger partial charge in [0.2, 0.25) is 5.91 Å². The smallest absolute Gasteiger partial charge is 0.255 e. The maximum absolute atomic E-state index is 12.3. The number of fused-ring (bicyclic) bond motifs is 1. The first-order valence-corrected chi connectivity index (χ1v) is 10.3. The molecule has 0 saturated heterocycles. The fraction of sp³-hybridized carbons (Fsp3) is 0.0909. The van der Waals surface area contributed by atoms with Crippen LogP contribution in [0.25, 0.3) is 0 Å². The maximum atomic E-state index is 12.3. The summed E-state index contributed by atoms with van der Waals surface area (Å²) in [5.74, 6) is -0.266. The van der Waals surface area contributed by atoms with E-state index in [0.717, 1.165) is 15.5 Å². The van der Waals surface area contributed by atoms with Crippen LogP contribution in [0.15, 0.2) is 82.6 Å². The third-order valence-corrected chi connectivity index (χ3v) is 5.53. The Morgan fingerprint density at radius 2 is 1.83 bits per heavy atom. The number of thiol groups is 1. The Hall–Kier alpha value is -2.90. The maximum Gasteiger partial charge on any atom is 0.255 e. The summed E-state index contributed by atoms with van der Waals surface area (Å²) in [5.41, 5.74) is 8.05. The van der Waals surface area contributed by atoms with Crippen LogP contribution in [0.5, 0.6) is 0 Å². The Kier molecular flexibility index (Phi) is 6.85. The molecule has 1 unspecified atom stereocenters. The van der Waals surface area contributed by atoms with Gasteiger partial charge in [-0.05, 0) is 55.5 Å². The van der Waals surface area contributed by atoms with Crippen LogP contribution in [-0.4, -0.2) is 17.1 Å². The highest BCUT2D eigenvalue weighted by Gasteiger charge is 2.23. The van der Waals surface area contributed by atoms with E-state index >= 15 is 0 Å². The quantitative estimate of drug-likeness (QED) is 0.348. The van der Waals surface area contributed by atoms with E-state index in [9.17, 15) is 9.59 Å². The number of hydrogen-bond donors (Lipinski definition) is 4. The number of amides is 2. The molecule has 0 aliphatic carbocycles. The third-order valence-electron chi connectivity index (χ3n) is 4.08. The third kappa shape index (κ3) is 5.79. The molecule has 0 saturated carbocycles. The van der Waals surface area contributed by atoms with Gasteiger partial charge in [-0.2, -0.15) is 0 Å². The molecule has 7 heteroatoms. The topological polar surface area (TPSA) is 84.2 Å². The number of nitrogens with two attached hydrogens (primary N) is 1. The second-order valence-electron chi connectivity index (χ2n) is 6.38. The molecule has 0 bridgehead atoms. The summed E-state index contributed by atoms with van der Waals surface area (Å²) >= 11 is 5.74. The van der Waals surface area contributed by atoms with Gasteiger partial charge in [0.25, 0.3) is 5.91 Å². The van der Waals surface area contributed by atoms with Crippen LogP contribution in [0.4, 0.5) is 17.1 Å². The molecule has 1 aliphatic rings. The molecule has 1 aliphatic heterocycles. The first-order chi connectivity index (χ1) is 13.9. The van der Waals surface area contributed by atoms with E-state index in [-0.39, 0.29) is 17.1 Å². The number of carbonyl (C=O) groups is 2. The van der Waals surface area contributed by atoms with Crippen molar-refractivity contribution in [2.45, 2.75) is 22.0 Å². The molecule has 0 radical (unpaired) electrons. The first-order valence-electron chi connectivity index (χ1n) is 8.95. The largest absolute Gasteiger partial charge is 0.399 e. The van der Waals surface area contributed by atoms with Gasteiger partial charge in [0, 0.05) is 26.7 Å². The highest BCUT2D eigenvalue weighted by molar-refractivity contribution is 8.00. The summed E-state index contributed by atoms with van der Waals surface area (Å²) in [6, 6.07) is 22.0. The van der Waals surface area contributed by atoms with Crippen molar-refractivity contribution in [2.24, 2.45) is 0 Å². The van der Waals surface area contributed by atoms with Gasteiger partial charge in [0.1, 0.15) is 0 Å². The highest BCUT2D eigenvalue weighted by atomic mass is 32.2. The van der Waals surface area contributed by atoms with Crippen LogP contribution in [0.2, 0.25) is 0 Å². The molecule has 0 fully saturated rings. The van der Waals surface area contributed by atoms with Crippen molar-refractivity contribution in [3.63, 3.8) is 0 Å². The minimum Gasteiger partial charge on any atom is -0.399 e. The Balaban J connectivity index is 0.000000290. The molecule has 0 aromatic heterocycles. The molecule has 148 valence electrons. The second-order valence-corrected chi connectivity index (χ2v) is 8.27. The van der Waals surface area contributed by atoms with Gasteiger partial charge in [-0.3, -0.25) is 9.59 Å². The lowest BCUT2D eigenvalue weighted by molar-refractivity contribution is -0.115. The Morgan fingerprint density at radius 1 is 1.07 bits per heavy atom. The molecule has 1 atom stereocenters.